The van der Waals surface area contributed by atoms with Crippen molar-refractivity contribution in [2.75, 3.05) is 13.1 Å². The zero-order valence-corrected chi connectivity index (χ0v) is 24.3. The van der Waals surface area contributed by atoms with Gasteiger partial charge in [-0.05, 0) is 62.3 Å². The minimum Gasteiger partial charge on any atom is -0.456 e. The number of likely N-dealkylation sites (tertiary alicyclic amines) is 1. The van der Waals surface area contributed by atoms with Crippen molar-refractivity contribution >= 4 is 41.0 Å². The Morgan fingerprint density at radius 3 is 2.51 bits per heavy atom. The number of halogens is 4. The maximum Gasteiger partial charge on any atom is 0.417 e. The number of hydrogen-bond donors (Lipinski definition) is 3. The van der Waals surface area contributed by atoms with Crippen LogP contribution in [0.15, 0.2) is 53.3 Å². The lowest BCUT2D eigenvalue weighted by Crippen LogP contribution is -2.51. The van der Waals surface area contributed by atoms with Crippen molar-refractivity contribution in [1.82, 2.24) is 15.2 Å². The summed E-state index contributed by atoms with van der Waals surface area (Å²) in [7, 11) is 0. The molecule has 2 aliphatic heterocycles. The molecule has 2 fully saturated rings. The summed E-state index contributed by atoms with van der Waals surface area (Å²) < 4.78 is 46.5. The zero-order valence-electron chi connectivity index (χ0n) is 23.5. The molecule has 3 atom stereocenters. The minimum absolute atomic E-state index is 0. The van der Waals surface area contributed by atoms with Gasteiger partial charge in [-0.3, -0.25) is 14.4 Å². The van der Waals surface area contributed by atoms with Crippen LogP contribution < -0.4 is 16.6 Å². The molecule has 0 saturated carbocycles. The molecule has 0 bridgehead atoms. The van der Waals surface area contributed by atoms with Gasteiger partial charge in [0, 0.05) is 23.2 Å². The van der Waals surface area contributed by atoms with E-state index < -0.39 is 46.9 Å². The Hall–Kier alpha value is -3.90. The smallest absolute Gasteiger partial charge is 0.417 e. The standard InChI is InChI=1S/C30H31F3N4O5.ClH/c1-29(2,42-28(41)23-8-5-11-37(23)25(38)15-34)24-14-20(27(40)36-24)16-9-10-17-13-22(35-26(39)19(17)12-16)18-6-3-4-7-21(18)30(31,32)33;/h3-4,6-7,9-10,12-13,20,23-24H,5,8,11,14-15,34H2,1-2H3,(H,35,39)(H,36,40);1H/t20-,23-,24?;/m0./s1. The number of carbonyl (C=O) groups is 3. The Kier molecular flexibility index (Phi) is 8.94. The van der Waals surface area contributed by atoms with Crippen LogP contribution >= 0.6 is 12.4 Å². The lowest BCUT2D eigenvalue weighted by atomic mass is 9.89. The number of nitrogens with zero attached hydrogens (tertiary/aromatic N) is 1. The molecule has 0 spiro atoms. The van der Waals surface area contributed by atoms with Gasteiger partial charge in [-0.2, -0.15) is 13.2 Å². The number of H-pyrrole nitrogens is 1. The van der Waals surface area contributed by atoms with Crippen LogP contribution in [0.25, 0.3) is 22.0 Å². The first-order valence-electron chi connectivity index (χ1n) is 13.7. The summed E-state index contributed by atoms with van der Waals surface area (Å²) in [5.74, 6) is -1.85. The first-order valence-corrected chi connectivity index (χ1v) is 13.7. The highest BCUT2D eigenvalue weighted by molar-refractivity contribution is 5.91. The predicted octanol–water partition coefficient (Wildman–Crippen LogP) is 3.88. The number of aromatic amines is 1. The van der Waals surface area contributed by atoms with Crippen LogP contribution in [-0.4, -0.2) is 58.4 Å². The third-order valence-corrected chi connectivity index (χ3v) is 8.12. The normalized spacial score (nSPS) is 20.6. The summed E-state index contributed by atoms with van der Waals surface area (Å²) in [4.78, 5) is 55.2. The molecule has 1 aromatic heterocycles. The fourth-order valence-corrected chi connectivity index (χ4v) is 5.85. The van der Waals surface area contributed by atoms with Gasteiger partial charge in [-0.1, -0.05) is 30.3 Å². The second kappa shape index (κ2) is 12.0. The first kappa shape index (κ1) is 32.0. The fourth-order valence-electron chi connectivity index (χ4n) is 5.85. The zero-order chi connectivity index (χ0) is 30.4. The van der Waals surface area contributed by atoms with Crippen LogP contribution in [-0.2, 0) is 25.3 Å². The number of nitrogens with one attached hydrogen (secondary N) is 2. The van der Waals surface area contributed by atoms with E-state index in [1.54, 1.807) is 32.0 Å². The van der Waals surface area contributed by atoms with E-state index in [0.29, 0.717) is 30.3 Å². The van der Waals surface area contributed by atoms with E-state index in [0.717, 1.165) is 6.07 Å². The summed E-state index contributed by atoms with van der Waals surface area (Å²) in [5.41, 5.74) is 3.37. The molecule has 230 valence electrons. The number of nitrogens with two attached hydrogens (primary N) is 1. The van der Waals surface area contributed by atoms with E-state index >= 15 is 0 Å². The molecule has 2 aromatic carbocycles. The number of aromatic nitrogens is 1. The molecule has 0 radical (unpaired) electrons. The van der Waals surface area contributed by atoms with Crippen LogP contribution in [0.3, 0.4) is 0 Å². The second-order valence-electron chi connectivity index (χ2n) is 11.2. The summed E-state index contributed by atoms with van der Waals surface area (Å²) in [6, 6.07) is 10.0. The lowest BCUT2D eigenvalue weighted by molar-refractivity contribution is -0.167. The van der Waals surface area contributed by atoms with Crippen LogP contribution in [0.1, 0.15) is 50.2 Å². The van der Waals surface area contributed by atoms with Gasteiger partial charge in [-0.15, -0.1) is 12.4 Å². The minimum atomic E-state index is -4.60. The highest BCUT2D eigenvalue weighted by atomic mass is 35.5. The van der Waals surface area contributed by atoms with E-state index in [9.17, 15) is 32.3 Å². The van der Waals surface area contributed by atoms with Gasteiger partial charge in [0.15, 0.2) is 0 Å². The molecule has 5 rings (SSSR count). The molecule has 4 N–H and O–H groups in total. The Labute approximate surface area is 251 Å². The Bertz CT molecular complexity index is 1620. The second-order valence-corrected chi connectivity index (χ2v) is 11.2. The van der Waals surface area contributed by atoms with E-state index in [-0.39, 0.29) is 53.8 Å². The average molecular weight is 621 g/mol. The molecule has 2 saturated heterocycles. The maximum absolute atomic E-state index is 13.6. The number of ether oxygens (including phenoxy) is 1. The number of fused-ring (bicyclic) bond motifs is 1. The molecule has 1 unspecified atom stereocenters. The van der Waals surface area contributed by atoms with Crippen molar-refractivity contribution in [3.63, 3.8) is 0 Å². The van der Waals surface area contributed by atoms with Gasteiger partial charge in [0.2, 0.25) is 11.8 Å². The number of rotatable bonds is 6. The molecule has 9 nitrogen and oxygen atoms in total. The maximum atomic E-state index is 13.6. The van der Waals surface area contributed by atoms with Gasteiger partial charge in [-0.25, -0.2) is 4.79 Å². The number of hydrogen-bond acceptors (Lipinski definition) is 6. The van der Waals surface area contributed by atoms with Crippen molar-refractivity contribution < 1.29 is 32.3 Å². The molecule has 13 heteroatoms. The van der Waals surface area contributed by atoms with Crippen LogP contribution in [0, 0.1) is 0 Å². The number of benzene rings is 2. The van der Waals surface area contributed by atoms with Crippen molar-refractivity contribution in [3.8, 4) is 11.3 Å². The van der Waals surface area contributed by atoms with Crippen molar-refractivity contribution in [2.45, 2.75) is 62.9 Å². The summed E-state index contributed by atoms with van der Waals surface area (Å²) in [6.07, 6.45) is -3.20. The third kappa shape index (κ3) is 6.25. The molecule has 2 amide bonds. The summed E-state index contributed by atoms with van der Waals surface area (Å²) >= 11 is 0. The number of pyridine rings is 1. The number of alkyl halides is 3. The van der Waals surface area contributed by atoms with Crippen molar-refractivity contribution in [2.24, 2.45) is 5.73 Å². The molecular formula is C30H32ClF3N4O5. The molecule has 0 aliphatic carbocycles. The van der Waals surface area contributed by atoms with Gasteiger partial charge in [0.05, 0.1) is 24.1 Å². The number of amides is 2. The third-order valence-electron chi connectivity index (χ3n) is 8.12. The quantitative estimate of drug-likeness (QED) is 0.358. The molecule has 3 aromatic rings. The van der Waals surface area contributed by atoms with Gasteiger partial charge >= 0.3 is 12.1 Å². The SMILES string of the molecule is CC(C)(OC(=O)[C@@H]1CCCN1C(=O)CN)C1C[C@@H](c2ccc3cc(-c4ccccc4C(F)(F)F)[nH]c(=O)c3c2)C(=O)N1.Cl. The summed E-state index contributed by atoms with van der Waals surface area (Å²) in [6.45, 7) is 3.60. The lowest BCUT2D eigenvalue weighted by Gasteiger charge is -2.33. The fraction of sp³-hybridized carbons (Fsp3) is 0.400. The highest BCUT2D eigenvalue weighted by Crippen LogP contribution is 2.38. The van der Waals surface area contributed by atoms with Crippen molar-refractivity contribution in [3.05, 3.63) is 70.0 Å². The number of carbonyl (C=O) groups excluding carboxylic acids is 3. The predicted molar refractivity (Wildman–Crippen MR) is 156 cm³/mol. The van der Waals surface area contributed by atoms with Gasteiger partial charge < -0.3 is 25.7 Å². The monoisotopic (exact) mass is 620 g/mol. The van der Waals surface area contributed by atoms with E-state index in [2.05, 4.69) is 10.3 Å². The van der Waals surface area contributed by atoms with E-state index in [1.807, 2.05) is 0 Å². The largest absolute Gasteiger partial charge is 0.456 e. The van der Waals surface area contributed by atoms with E-state index in [4.69, 9.17) is 10.5 Å². The van der Waals surface area contributed by atoms with E-state index in [1.165, 1.54) is 29.2 Å². The molecule has 3 heterocycles. The average Bonchev–Trinajstić information content (AvgIpc) is 3.59. The van der Waals surface area contributed by atoms with Crippen LogP contribution in [0.2, 0.25) is 0 Å². The van der Waals surface area contributed by atoms with Crippen molar-refractivity contribution in [1.29, 1.82) is 0 Å². The van der Waals surface area contributed by atoms with Gasteiger partial charge in [0.25, 0.3) is 5.56 Å². The van der Waals surface area contributed by atoms with Gasteiger partial charge in [0.1, 0.15) is 11.6 Å². The summed E-state index contributed by atoms with van der Waals surface area (Å²) in [5, 5.41) is 3.54. The first-order chi connectivity index (χ1) is 19.8. The molecular weight excluding hydrogens is 589 g/mol. The Morgan fingerprint density at radius 1 is 1.09 bits per heavy atom. The van der Waals surface area contributed by atoms with Crippen LogP contribution in [0.5, 0.6) is 0 Å². The topological polar surface area (TPSA) is 135 Å². The number of esters is 1. The highest BCUT2D eigenvalue weighted by Gasteiger charge is 2.45. The Morgan fingerprint density at radius 2 is 1.81 bits per heavy atom. The Balaban J connectivity index is 0.00000423. The van der Waals surface area contributed by atoms with Crippen LogP contribution in [0.4, 0.5) is 13.2 Å². The molecule has 2 aliphatic rings. The molecule has 43 heavy (non-hydrogen) atoms.